The van der Waals surface area contributed by atoms with Crippen LogP contribution >= 0.6 is 0 Å². The van der Waals surface area contributed by atoms with Crippen molar-refractivity contribution in [3.63, 3.8) is 0 Å². The second kappa shape index (κ2) is 19.3. The van der Waals surface area contributed by atoms with Gasteiger partial charge in [-0.1, -0.05) is 102 Å². The molecule has 1 aliphatic heterocycles. The third-order valence-electron chi connectivity index (χ3n) is 7.05. The molecule has 3 rings (SSSR count). The maximum Gasteiger partial charge on any atom is 0.211 e. The average molecular weight is 626 g/mol. The van der Waals surface area contributed by atoms with Gasteiger partial charge in [0.25, 0.3) is 0 Å². The number of hydrogen-bond acceptors (Lipinski definition) is 6. The number of aliphatic imine (C=N–C) groups is 2. The highest BCUT2D eigenvalue weighted by Crippen LogP contribution is 2.29. The Kier molecular flexibility index (Phi) is 15.9. The maximum atomic E-state index is 11.2. The van der Waals surface area contributed by atoms with Gasteiger partial charge in [0.05, 0.1) is 19.3 Å². The molecule has 1 fully saturated rings. The fraction of sp³-hybridized carbons (Fsp3) is 0.410. The lowest BCUT2D eigenvalue weighted by Crippen LogP contribution is -2.42. The lowest BCUT2D eigenvalue weighted by Gasteiger charge is -2.38. The van der Waals surface area contributed by atoms with E-state index < -0.39 is 0 Å². The first-order chi connectivity index (χ1) is 22.1. The van der Waals surface area contributed by atoms with Gasteiger partial charge in [-0.15, -0.1) is 0 Å². The largest absolute Gasteiger partial charge is 0.404 e. The first-order valence-corrected chi connectivity index (χ1v) is 16.3. The summed E-state index contributed by atoms with van der Waals surface area (Å²) < 4.78 is 6.02. The van der Waals surface area contributed by atoms with E-state index in [1.165, 1.54) is 0 Å². The summed E-state index contributed by atoms with van der Waals surface area (Å²) >= 11 is 0. The number of hydrogen-bond donors (Lipinski definition) is 2. The van der Waals surface area contributed by atoms with E-state index in [0.29, 0.717) is 32.7 Å². The van der Waals surface area contributed by atoms with Crippen molar-refractivity contribution in [2.45, 2.75) is 74.8 Å². The topological polar surface area (TPSA) is 92.3 Å². The lowest BCUT2D eigenvalue weighted by atomic mass is 9.97. The molecule has 0 bridgehead atoms. The summed E-state index contributed by atoms with van der Waals surface area (Å²) in [5.41, 5.74) is 11.9. The number of rotatable bonds is 11. The van der Waals surface area contributed by atoms with Crippen LogP contribution in [0.2, 0.25) is 0 Å². The van der Waals surface area contributed by atoms with Crippen LogP contribution in [-0.4, -0.2) is 49.5 Å². The van der Waals surface area contributed by atoms with Gasteiger partial charge >= 0.3 is 0 Å². The Morgan fingerprint density at radius 2 is 1.83 bits per heavy atom. The number of carbonyl (C=O) groups is 1. The highest BCUT2D eigenvalue weighted by molar-refractivity contribution is 6.15. The third kappa shape index (κ3) is 11.6. The van der Waals surface area contributed by atoms with Crippen molar-refractivity contribution in [3.05, 3.63) is 99.7 Å². The maximum absolute atomic E-state index is 11.2. The number of allylic oxidation sites excluding steroid dienone is 4. The van der Waals surface area contributed by atoms with Gasteiger partial charge in [-0.2, -0.15) is 0 Å². The van der Waals surface area contributed by atoms with Crippen molar-refractivity contribution >= 4 is 35.8 Å². The summed E-state index contributed by atoms with van der Waals surface area (Å²) in [5, 5.41) is 4.80. The molecule has 1 aliphatic rings. The zero-order valence-corrected chi connectivity index (χ0v) is 29.4. The Morgan fingerprint density at radius 3 is 2.43 bits per heavy atom. The zero-order valence-electron chi connectivity index (χ0n) is 29.4. The lowest BCUT2D eigenvalue weighted by molar-refractivity contribution is -0.108. The number of nitrogens with one attached hydrogen (secondary N) is 1. The number of nitrogens with two attached hydrogens (primary N) is 1. The third-order valence-corrected chi connectivity index (χ3v) is 7.05. The Balaban J connectivity index is 0.00000361. The minimum absolute atomic E-state index is 0.0287. The monoisotopic (exact) mass is 625 g/mol. The molecule has 0 saturated carbocycles. The highest BCUT2D eigenvalue weighted by atomic mass is 16.5. The Hall–Kier alpha value is -4.23. The summed E-state index contributed by atoms with van der Waals surface area (Å²) in [6.45, 7) is 21.2. The SMILES string of the molecule is CC.CC\C=c1/ccc(/C(C=C(C)C)=C/NC=O)c/c1=C(/N=C(C)/C(C=NCC(C)(C)C)=C/N)N1CCOCC1c1ccccc1. The molecule has 3 N–H and O–H groups in total. The van der Waals surface area contributed by atoms with Crippen LogP contribution in [0.25, 0.3) is 17.5 Å². The molecular weight excluding hydrogens is 570 g/mol. The van der Waals surface area contributed by atoms with E-state index in [1.807, 2.05) is 46.9 Å². The van der Waals surface area contributed by atoms with E-state index in [2.05, 4.69) is 97.5 Å². The molecule has 0 radical (unpaired) electrons. The number of carbonyl (C=O) groups excluding carboxylic acids is 1. The summed E-state index contributed by atoms with van der Waals surface area (Å²) in [6, 6.07) is 16.8. The molecule has 7 heteroatoms. The summed E-state index contributed by atoms with van der Waals surface area (Å²) in [5.74, 6) is 0.838. The number of amides is 1. The Bertz CT molecular complexity index is 1540. The Labute approximate surface area is 277 Å². The van der Waals surface area contributed by atoms with Crippen LogP contribution in [-0.2, 0) is 9.53 Å². The second-order valence-corrected chi connectivity index (χ2v) is 12.4. The normalized spacial score (nSPS) is 17.3. The van der Waals surface area contributed by atoms with Crippen LogP contribution in [0, 0.1) is 5.41 Å². The first kappa shape index (κ1) is 38.0. The van der Waals surface area contributed by atoms with Crippen LogP contribution in [0.3, 0.4) is 0 Å². The molecule has 0 aromatic heterocycles. The van der Waals surface area contributed by atoms with Crippen LogP contribution < -0.4 is 21.5 Å². The highest BCUT2D eigenvalue weighted by Gasteiger charge is 2.27. The van der Waals surface area contributed by atoms with Crippen LogP contribution in [0.15, 0.2) is 88.1 Å². The Morgan fingerprint density at radius 1 is 1.11 bits per heavy atom. The molecule has 1 heterocycles. The van der Waals surface area contributed by atoms with Crippen molar-refractivity contribution in [2.24, 2.45) is 21.1 Å². The van der Waals surface area contributed by atoms with E-state index in [-0.39, 0.29) is 11.5 Å². The molecule has 1 atom stereocenters. The van der Waals surface area contributed by atoms with E-state index in [9.17, 15) is 4.79 Å². The van der Waals surface area contributed by atoms with Crippen molar-refractivity contribution in [1.82, 2.24) is 10.2 Å². The number of ether oxygens (including phenoxy) is 1. The molecular formula is C39H55N5O2. The smallest absolute Gasteiger partial charge is 0.211 e. The van der Waals surface area contributed by atoms with Gasteiger partial charge in [-0.25, -0.2) is 4.99 Å². The predicted molar refractivity (Wildman–Crippen MR) is 197 cm³/mol. The van der Waals surface area contributed by atoms with Crippen LogP contribution in [0.5, 0.6) is 0 Å². The molecule has 7 nitrogen and oxygen atoms in total. The van der Waals surface area contributed by atoms with Gasteiger partial charge in [0, 0.05) is 48.2 Å². The van der Waals surface area contributed by atoms with Gasteiger partial charge in [0.1, 0.15) is 5.82 Å². The molecule has 2 aromatic rings. The van der Waals surface area contributed by atoms with E-state index in [0.717, 1.165) is 56.2 Å². The molecule has 1 unspecified atom stereocenters. The fourth-order valence-electron chi connectivity index (χ4n) is 4.96. The van der Waals surface area contributed by atoms with Crippen LogP contribution in [0.1, 0.15) is 85.9 Å². The van der Waals surface area contributed by atoms with Gasteiger partial charge in [0.15, 0.2) is 0 Å². The number of nitrogens with zero attached hydrogens (tertiary/aromatic N) is 3. The molecule has 0 aliphatic carbocycles. The molecule has 2 aromatic carbocycles. The van der Waals surface area contributed by atoms with Gasteiger partial charge in [0.2, 0.25) is 6.41 Å². The first-order valence-electron chi connectivity index (χ1n) is 16.3. The predicted octanol–water partition coefficient (Wildman–Crippen LogP) is 6.52. The van der Waals surface area contributed by atoms with Crippen LogP contribution in [0.4, 0.5) is 0 Å². The molecule has 248 valence electrons. The van der Waals surface area contributed by atoms with Crippen molar-refractivity contribution < 1.29 is 9.53 Å². The van der Waals surface area contributed by atoms with Gasteiger partial charge in [-0.3, -0.25) is 9.79 Å². The van der Waals surface area contributed by atoms with Gasteiger partial charge < -0.3 is 20.7 Å². The molecule has 1 saturated heterocycles. The van der Waals surface area contributed by atoms with E-state index in [4.69, 9.17) is 15.5 Å². The summed E-state index contributed by atoms with van der Waals surface area (Å²) in [6.07, 6.45) is 11.0. The minimum atomic E-state index is -0.0287. The standard InChI is InChI=1S/C37H49N5O2.C2H6/c1-8-12-29-15-16-31(32(19-27(2)3)22-40-26-43)20-34(29)36(41-28(4)33(21-38)23-39-25-37(5,6)7)42-17-18-44-24-35(42)30-13-10-9-11-14-30;1-2/h9-16,19-23,26,35H,8,17-18,24-25,38H2,1-7H3,(H,40,43);1-2H3/b29-12+,32-22+,33-21+,36-34+,39-23?,41-28+;. The van der Waals surface area contributed by atoms with Crippen molar-refractivity contribution in [2.75, 3.05) is 26.3 Å². The van der Waals surface area contributed by atoms with E-state index >= 15 is 0 Å². The molecule has 0 spiro atoms. The second-order valence-electron chi connectivity index (χ2n) is 12.4. The zero-order chi connectivity index (χ0) is 34.1. The summed E-state index contributed by atoms with van der Waals surface area (Å²) in [4.78, 5) is 23.6. The van der Waals surface area contributed by atoms with Crippen molar-refractivity contribution in [1.29, 1.82) is 0 Å². The molecule has 1 amide bonds. The van der Waals surface area contributed by atoms with E-state index in [1.54, 1.807) is 12.4 Å². The average Bonchev–Trinajstić information content (AvgIpc) is 3.05. The summed E-state index contributed by atoms with van der Waals surface area (Å²) in [7, 11) is 0. The quantitative estimate of drug-likeness (QED) is 0.169. The minimum Gasteiger partial charge on any atom is -0.404 e. The fourth-order valence-corrected chi connectivity index (χ4v) is 4.96. The van der Waals surface area contributed by atoms with Gasteiger partial charge in [-0.05, 0) is 60.6 Å². The number of benzene rings is 2. The number of morpholine rings is 1. The van der Waals surface area contributed by atoms with Crippen molar-refractivity contribution in [3.8, 4) is 0 Å². The molecule has 46 heavy (non-hydrogen) atoms.